The van der Waals surface area contributed by atoms with Crippen molar-refractivity contribution in [1.82, 2.24) is 15.1 Å². The molecule has 0 bridgehead atoms. The lowest BCUT2D eigenvalue weighted by molar-refractivity contribution is 0.265. The summed E-state index contributed by atoms with van der Waals surface area (Å²) in [6.45, 7) is 9.50. The van der Waals surface area contributed by atoms with Crippen molar-refractivity contribution in [1.29, 1.82) is 0 Å². The molecule has 0 aliphatic carbocycles. The van der Waals surface area contributed by atoms with Gasteiger partial charge < -0.3 is 0 Å². The molecule has 0 spiro atoms. The number of hydrogen-bond donors (Lipinski definition) is 1. The second-order valence-electron chi connectivity index (χ2n) is 3.92. The Morgan fingerprint density at radius 1 is 1.38 bits per heavy atom. The molecule has 1 N–H and O–H groups in total. The zero-order chi connectivity index (χ0) is 10.0. The maximum atomic E-state index is 4.18. The van der Waals surface area contributed by atoms with E-state index in [9.17, 15) is 0 Å². The van der Waals surface area contributed by atoms with E-state index in [0.717, 1.165) is 12.2 Å². The third-order valence-corrected chi connectivity index (χ3v) is 2.57. The van der Waals surface area contributed by atoms with Crippen LogP contribution in [-0.4, -0.2) is 28.2 Å². The zero-order valence-electron chi connectivity index (χ0n) is 9.18. The van der Waals surface area contributed by atoms with Gasteiger partial charge in [0.15, 0.2) is 0 Å². The second-order valence-corrected chi connectivity index (χ2v) is 3.92. The highest BCUT2D eigenvalue weighted by Crippen LogP contribution is 2.12. The highest BCUT2D eigenvalue weighted by atomic mass is 15.2. The van der Waals surface area contributed by atoms with Gasteiger partial charge in [-0.25, -0.2) is 0 Å². The van der Waals surface area contributed by atoms with Crippen LogP contribution in [0.25, 0.3) is 0 Å². The molecular weight excluding hydrogens is 162 g/mol. The molecule has 1 aromatic heterocycles. The molecule has 0 radical (unpaired) electrons. The maximum absolute atomic E-state index is 4.18. The number of aromatic amines is 1. The fourth-order valence-electron chi connectivity index (χ4n) is 1.24. The molecule has 74 valence electrons. The van der Waals surface area contributed by atoms with Crippen molar-refractivity contribution in [2.45, 2.75) is 40.3 Å². The van der Waals surface area contributed by atoms with E-state index >= 15 is 0 Å². The Kier molecular flexibility index (Phi) is 3.09. The topological polar surface area (TPSA) is 31.9 Å². The van der Waals surface area contributed by atoms with E-state index in [-0.39, 0.29) is 0 Å². The van der Waals surface area contributed by atoms with Gasteiger partial charge >= 0.3 is 0 Å². The fraction of sp³-hybridized carbons (Fsp3) is 0.700. The van der Waals surface area contributed by atoms with Gasteiger partial charge in [-0.15, -0.1) is 0 Å². The molecule has 0 unspecified atom stereocenters. The monoisotopic (exact) mass is 181 g/mol. The van der Waals surface area contributed by atoms with Gasteiger partial charge in [0.2, 0.25) is 0 Å². The number of aromatic nitrogens is 2. The third kappa shape index (κ3) is 2.31. The number of H-pyrrole nitrogens is 1. The van der Waals surface area contributed by atoms with Crippen molar-refractivity contribution in [3.63, 3.8) is 0 Å². The van der Waals surface area contributed by atoms with E-state index in [2.05, 4.69) is 42.9 Å². The summed E-state index contributed by atoms with van der Waals surface area (Å²) in [7, 11) is 2.14. The summed E-state index contributed by atoms with van der Waals surface area (Å²) in [6.07, 6.45) is 0. The first-order chi connectivity index (χ1) is 6.02. The van der Waals surface area contributed by atoms with Gasteiger partial charge in [-0.2, -0.15) is 5.10 Å². The maximum Gasteiger partial charge on any atom is 0.0639 e. The number of aryl methyl sites for hydroxylation is 2. The molecule has 0 fully saturated rings. The predicted molar refractivity (Wildman–Crippen MR) is 54.7 cm³/mol. The Labute approximate surface area is 80.1 Å². The molecule has 0 aliphatic rings. The Bertz CT molecular complexity index is 256. The van der Waals surface area contributed by atoms with Crippen LogP contribution in [0.15, 0.2) is 0 Å². The van der Waals surface area contributed by atoms with E-state index in [1.54, 1.807) is 0 Å². The smallest absolute Gasteiger partial charge is 0.0639 e. The lowest BCUT2D eigenvalue weighted by Gasteiger charge is -2.20. The van der Waals surface area contributed by atoms with Crippen LogP contribution in [0.1, 0.15) is 30.8 Å². The predicted octanol–water partition coefficient (Wildman–Crippen LogP) is 1.87. The average molecular weight is 181 g/mol. The molecule has 13 heavy (non-hydrogen) atoms. The summed E-state index contributed by atoms with van der Waals surface area (Å²) in [6, 6.07) is 0.577. The van der Waals surface area contributed by atoms with Gasteiger partial charge in [-0.3, -0.25) is 10.00 Å². The summed E-state index contributed by atoms with van der Waals surface area (Å²) in [5.41, 5.74) is 3.63. The molecule has 3 nitrogen and oxygen atoms in total. The van der Waals surface area contributed by atoms with Gasteiger partial charge in [0.25, 0.3) is 0 Å². The SMILES string of the molecule is Cc1n[nH]c(C)c1CN(C)C(C)C. The number of nitrogens with zero attached hydrogens (tertiary/aromatic N) is 2. The molecule has 0 aromatic carbocycles. The van der Waals surface area contributed by atoms with E-state index in [0.29, 0.717) is 6.04 Å². The van der Waals surface area contributed by atoms with Crippen LogP contribution in [0.4, 0.5) is 0 Å². The summed E-state index contributed by atoms with van der Waals surface area (Å²) < 4.78 is 0. The second kappa shape index (κ2) is 3.92. The largest absolute Gasteiger partial charge is 0.300 e. The Morgan fingerprint density at radius 3 is 2.38 bits per heavy atom. The molecule has 1 heterocycles. The molecule has 1 aromatic rings. The summed E-state index contributed by atoms with van der Waals surface area (Å²) in [5, 5.41) is 7.18. The lowest BCUT2D eigenvalue weighted by Crippen LogP contribution is -2.26. The van der Waals surface area contributed by atoms with Crippen LogP contribution in [-0.2, 0) is 6.54 Å². The van der Waals surface area contributed by atoms with Gasteiger partial charge in [-0.05, 0) is 34.7 Å². The number of rotatable bonds is 3. The van der Waals surface area contributed by atoms with Crippen LogP contribution < -0.4 is 0 Å². The normalized spacial score (nSPS) is 11.6. The third-order valence-electron chi connectivity index (χ3n) is 2.57. The fourth-order valence-corrected chi connectivity index (χ4v) is 1.24. The molecule has 0 amide bonds. The summed E-state index contributed by atoms with van der Waals surface area (Å²) in [4.78, 5) is 2.31. The summed E-state index contributed by atoms with van der Waals surface area (Å²) in [5.74, 6) is 0. The van der Waals surface area contributed by atoms with Gasteiger partial charge in [-0.1, -0.05) is 0 Å². The van der Waals surface area contributed by atoms with Crippen LogP contribution in [0.3, 0.4) is 0 Å². The van der Waals surface area contributed by atoms with E-state index < -0.39 is 0 Å². The highest BCUT2D eigenvalue weighted by molar-refractivity contribution is 5.22. The molecule has 0 atom stereocenters. The molecule has 0 aliphatic heterocycles. The standard InChI is InChI=1S/C10H19N3/c1-7(2)13(5)6-10-8(3)11-12-9(10)4/h7H,6H2,1-5H3,(H,11,12). The first-order valence-electron chi connectivity index (χ1n) is 4.73. The lowest BCUT2D eigenvalue weighted by atomic mass is 10.2. The van der Waals surface area contributed by atoms with Crippen molar-refractivity contribution in [3.8, 4) is 0 Å². The minimum absolute atomic E-state index is 0.577. The van der Waals surface area contributed by atoms with Gasteiger partial charge in [0.05, 0.1) is 5.69 Å². The average Bonchev–Trinajstić information content (AvgIpc) is 2.35. The zero-order valence-corrected chi connectivity index (χ0v) is 9.18. The Balaban J connectivity index is 2.73. The molecule has 0 saturated heterocycles. The van der Waals surface area contributed by atoms with Crippen molar-refractivity contribution in [3.05, 3.63) is 17.0 Å². The number of nitrogens with one attached hydrogen (secondary N) is 1. The molecular formula is C10H19N3. The van der Waals surface area contributed by atoms with Crippen molar-refractivity contribution < 1.29 is 0 Å². The van der Waals surface area contributed by atoms with Crippen LogP contribution in [0.5, 0.6) is 0 Å². The Hall–Kier alpha value is -0.830. The quantitative estimate of drug-likeness (QED) is 0.772. The first kappa shape index (κ1) is 10.3. The summed E-state index contributed by atoms with van der Waals surface area (Å²) >= 11 is 0. The molecule has 1 rings (SSSR count). The van der Waals surface area contributed by atoms with Crippen molar-refractivity contribution in [2.24, 2.45) is 0 Å². The first-order valence-corrected chi connectivity index (χ1v) is 4.73. The van der Waals surface area contributed by atoms with Crippen molar-refractivity contribution in [2.75, 3.05) is 7.05 Å². The minimum atomic E-state index is 0.577. The van der Waals surface area contributed by atoms with Crippen LogP contribution >= 0.6 is 0 Å². The van der Waals surface area contributed by atoms with Gasteiger partial charge in [0, 0.05) is 23.8 Å². The van der Waals surface area contributed by atoms with E-state index in [1.807, 2.05) is 6.92 Å². The van der Waals surface area contributed by atoms with Gasteiger partial charge in [0.1, 0.15) is 0 Å². The Morgan fingerprint density at radius 2 is 2.00 bits per heavy atom. The molecule has 3 heteroatoms. The van der Waals surface area contributed by atoms with Crippen LogP contribution in [0, 0.1) is 13.8 Å². The van der Waals surface area contributed by atoms with E-state index in [4.69, 9.17) is 0 Å². The van der Waals surface area contributed by atoms with E-state index in [1.165, 1.54) is 11.3 Å². The number of hydrogen-bond acceptors (Lipinski definition) is 2. The molecule has 0 saturated carbocycles. The van der Waals surface area contributed by atoms with Crippen molar-refractivity contribution >= 4 is 0 Å². The minimum Gasteiger partial charge on any atom is -0.300 e. The highest BCUT2D eigenvalue weighted by Gasteiger charge is 2.10. The van der Waals surface area contributed by atoms with Crippen LogP contribution in [0.2, 0.25) is 0 Å².